The van der Waals surface area contributed by atoms with Crippen molar-refractivity contribution in [2.24, 2.45) is 0 Å². The molecule has 0 aliphatic carbocycles. The monoisotopic (exact) mass is 346 g/mol. The Morgan fingerprint density at radius 2 is 1.69 bits per heavy atom. The molecule has 2 heterocycles. The molecule has 1 amide bonds. The summed E-state index contributed by atoms with van der Waals surface area (Å²) in [5.41, 5.74) is 1.86. The molecule has 0 radical (unpaired) electrons. The Morgan fingerprint density at radius 1 is 1.00 bits per heavy atom. The minimum absolute atomic E-state index is 0.103. The summed E-state index contributed by atoms with van der Waals surface area (Å²) in [6.07, 6.45) is 2.32. The lowest BCUT2D eigenvalue weighted by Crippen LogP contribution is -2.29. The molecule has 1 aliphatic heterocycles. The second kappa shape index (κ2) is 7.12. The molecule has 0 saturated carbocycles. The van der Waals surface area contributed by atoms with Crippen molar-refractivity contribution in [1.82, 2.24) is 15.3 Å². The number of para-hydroxylation sites is 1. The predicted octanol–water partition coefficient (Wildman–Crippen LogP) is 3.72. The highest BCUT2D eigenvalue weighted by Crippen LogP contribution is 2.27. The number of anilines is 1. The number of aromatic nitrogens is 2. The van der Waals surface area contributed by atoms with Gasteiger partial charge in [-0.05, 0) is 37.5 Å². The van der Waals surface area contributed by atoms with Gasteiger partial charge in [-0.15, -0.1) is 0 Å². The van der Waals surface area contributed by atoms with E-state index in [4.69, 9.17) is 0 Å². The standard InChI is InChI=1S/C21H22N4O/c1-15(16-9-3-2-4-10-16)22-21(26)19-23-18-12-6-5-11-17(18)20(24-19)25-13-7-8-14-25/h2-6,9-12,15H,7-8,13-14H2,1H3,(H,22,26). The molecule has 3 aromatic rings. The SMILES string of the molecule is CC(NC(=O)c1nc(N2CCCC2)c2ccccc2n1)c1ccccc1. The van der Waals surface area contributed by atoms with Gasteiger partial charge in [0.25, 0.3) is 5.91 Å². The molecule has 1 aliphatic rings. The van der Waals surface area contributed by atoms with Crippen LogP contribution in [0.25, 0.3) is 10.9 Å². The fourth-order valence-electron chi connectivity index (χ4n) is 3.42. The summed E-state index contributed by atoms with van der Waals surface area (Å²) >= 11 is 0. The highest BCUT2D eigenvalue weighted by atomic mass is 16.2. The van der Waals surface area contributed by atoms with Crippen LogP contribution in [0.3, 0.4) is 0 Å². The molecule has 1 atom stereocenters. The van der Waals surface area contributed by atoms with E-state index in [0.29, 0.717) is 0 Å². The largest absolute Gasteiger partial charge is 0.356 e. The van der Waals surface area contributed by atoms with Crippen molar-refractivity contribution in [3.63, 3.8) is 0 Å². The van der Waals surface area contributed by atoms with Crippen LogP contribution >= 0.6 is 0 Å². The first-order chi connectivity index (χ1) is 12.7. The number of amides is 1. The number of nitrogens with one attached hydrogen (secondary N) is 1. The molecule has 0 spiro atoms. The molecule has 1 fully saturated rings. The molecule has 4 rings (SSSR count). The van der Waals surface area contributed by atoms with E-state index in [1.807, 2.05) is 61.5 Å². The zero-order valence-corrected chi connectivity index (χ0v) is 14.9. The fourth-order valence-corrected chi connectivity index (χ4v) is 3.42. The smallest absolute Gasteiger partial charge is 0.289 e. The van der Waals surface area contributed by atoms with Crippen molar-refractivity contribution in [3.05, 3.63) is 66.0 Å². The lowest BCUT2D eigenvalue weighted by molar-refractivity contribution is 0.0930. The molecule has 26 heavy (non-hydrogen) atoms. The number of benzene rings is 2. The minimum Gasteiger partial charge on any atom is -0.356 e. The van der Waals surface area contributed by atoms with Gasteiger partial charge >= 0.3 is 0 Å². The van der Waals surface area contributed by atoms with Crippen LogP contribution in [-0.2, 0) is 0 Å². The second-order valence-electron chi connectivity index (χ2n) is 6.69. The summed E-state index contributed by atoms with van der Waals surface area (Å²) in [7, 11) is 0. The van der Waals surface area contributed by atoms with Crippen molar-refractivity contribution in [3.8, 4) is 0 Å². The van der Waals surface area contributed by atoms with E-state index in [1.54, 1.807) is 0 Å². The summed E-state index contributed by atoms with van der Waals surface area (Å²) in [6.45, 7) is 3.92. The average molecular weight is 346 g/mol. The van der Waals surface area contributed by atoms with Crippen LogP contribution in [0.15, 0.2) is 54.6 Å². The molecule has 1 unspecified atom stereocenters. The zero-order valence-electron chi connectivity index (χ0n) is 14.9. The highest BCUT2D eigenvalue weighted by molar-refractivity contribution is 5.96. The van der Waals surface area contributed by atoms with Crippen molar-refractivity contribution in [2.45, 2.75) is 25.8 Å². The Labute approximate surface area is 153 Å². The number of hydrogen-bond acceptors (Lipinski definition) is 4. The number of carbonyl (C=O) groups excluding carboxylic acids is 1. The maximum absolute atomic E-state index is 12.8. The third kappa shape index (κ3) is 3.25. The first-order valence-corrected chi connectivity index (χ1v) is 9.10. The van der Waals surface area contributed by atoms with Crippen LogP contribution in [-0.4, -0.2) is 29.0 Å². The van der Waals surface area contributed by atoms with E-state index in [0.717, 1.165) is 48.2 Å². The molecule has 132 valence electrons. The number of hydrogen-bond donors (Lipinski definition) is 1. The molecule has 1 saturated heterocycles. The molecule has 5 nitrogen and oxygen atoms in total. The summed E-state index contributed by atoms with van der Waals surface area (Å²) in [5.74, 6) is 0.853. The van der Waals surface area contributed by atoms with Gasteiger partial charge in [-0.1, -0.05) is 42.5 Å². The lowest BCUT2D eigenvalue weighted by Gasteiger charge is -2.19. The average Bonchev–Trinajstić information content (AvgIpc) is 3.22. The number of rotatable bonds is 4. The molecular formula is C21H22N4O. The lowest BCUT2D eigenvalue weighted by atomic mass is 10.1. The Hall–Kier alpha value is -2.95. The first-order valence-electron chi connectivity index (χ1n) is 9.10. The van der Waals surface area contributed by atoms with Gasteiger partial charge in [0, 0.05) is 18.5 Å². The number of carbonyl (C=O) groups is 1. The van der Waals surface area contributed by atoms with Crippen LogP contribution in [0.2, 0.25) is 0 Å². The van der Waals surface area contributed by atoms with E-state index in [-0.39, 0.29) is 17.8 Å². The molecule has 0 bridgehead atoms. The molecular weight excluding hydrogens is 324 g/mol. The van der Waals surface area contributed by atoms with Gasteiger partial charge in [-0.2, -0.15) is 0 Å². The quantitative estimate of drug-likeness (QED) is 0.782. The van der Waals surface area contributed by atoms with Crippen LogP contribution in [0.5, 0.6) is 0 Å². The topological polar surface area (TPSA) is 58.1 Å². The zero-order chi connectivity index (χ0) is 17.9. The van der Waals surface area contributed by atoms with Gasteiger partial charge < -0.3 is 10.2 Å². The van der Waals surface area contributed by atoms with Gasteiger partial charge in [-0.3, -0.25) is 4.79 Å². The van der Waals surface area contributed by atoms with Gasteiger partial charge in [0.15, 0.2) is 0 Å². The van der Waals surface area contributed by atoms with Gasteiger partial charge in [0.1, 0.15) is 5.82 Å². The Bertz CT molecular complexity index is 920. The third-order valence-corrected chi connectivity index (χ3v) is 4.84. The van der Waals surface area contributed by atoms with E-state index in [1.165, 1.54) is 0 Å². The van der Waals surface area contributed by atoms with Crippen molar-refractivity contribution >= 4 is 22.6 Å². The van der Waals surface area contributed by atoms with Crippen LogP contribution in [0.1, 0.15) is 42.0 Å². The summed E-state index contributed by atoms with van der Waals surface area (Å²) in [6, 6.07) is 17.7. The van der Waals surface area contributed by atoms with Gasteiger partial charge in [0.2, 0.25) is 5.82 Å². The predicted molar refractivity (Wildman–Crippen MR) is 103 cm³/mol. The fraction of sp³-hybridized carbons (Fsp3) is 0.286. The maximum Gasteiger partial charge on any atom is 0.289 e. The normalized spacial score (nSPS) is 15.2. The second-order valence-corrected chi connectivity index (χ2v) is 6.69. The third-order valence-electron chi connectivity index (χ3n) is 4.84. The summed E-state index contributed by atoms with van der Waals surface area (Å²) < 4.78 is 0. The van der Waals surface area contributed by atoms with Gasteiger partial charge in [-0.25, -0.2) is 9.97 Å². The summed E-state index contributed by atoms with van der Waals surface area (Å²) in [4.78, 5) is 24.2. The molecule has 5 heteroatoms. The Kier molecular flexibility index (Phi) is 4.52. The van der Waals surface area contributed by atoms with Crippen LogP contribution in [0.4, 0.5) is 5.82 Å². The van der Waals surface area contributed by atoms with Gasteiger partial charge in [0.05, 0.1) is 11.6 Å². The number of nitrogens with zero attached hydrogens (tertiary/aromatic N) is 3. The van der Waals surface area contributed by atoms with Crippen molar-refractivity contribution in [1.29, 1.82) is 0 Å². The maximum atomic E-state index is 12.8. The Balaban J connectivity index is 1.66. The molecule has 1 N–H and O–H groups in total. The number of fused-ring (bicyclic) bond motifs is 1. The van der Waals surface area contributed by atoms with E-state index < -0.39 is 0 Å². The van der Waals surface area contributed by atoms with Crippen molar-refractivity contribution in [2.75, 3.05) is 18.0 Å². The van der Waals surface area contributed by atoms with E-state index in [2.05, 4.69) is 20.2 Å². The van der Waals surface area contributed by atoms with E-state index >= 15 is 0 Å². The van der Waals surface area contributed by atoms with Crippen LogP contribution in [0, 0.1) is 0 Å². The molecule has 1 aromatic heterocycles. The van der Waals surface area contributed by atoms with Crippen LogP contribution < -0.4 is 10.2 Å². The minimum atomic E-state index is -0.243. The summed E-state index contributed by atoms with van der Waals surface area (Å²) in [5, 5.41) is 4.01. The Morgan fingerprint density at radius 3 is 2.46 bits per heavy atom. The van der Waals surface area contributed by atoms with E-state index in [9.17, 15) is 4.79 Å². The molecule has 2 aromatic carbocycles. The highest BCUT2D eigenvalue weighted by Gasteiger charge is 2.21. The first kappa shape index (κ1) is 16.5. The van der Waals surface area contributed by atoms with Crippen molar-refractivity contribution < 1.29 is 4.79 Å².